The predicted molar refractivity (Wildman–Crippen MR) is 137 cm³/mol. The fourth-order valence-electron chi connectivity index (χ4n) is 4.82. The van der Waals surface area contributed by atoms with Gasteiger partial charge in [0.05, 0.1) is 14.2 Å². The SMILES string of the molecule is COc1cccc(C2C3=C(CC(C)(C)CC3=O)Nc3nc(SCc4ccccc4Cl)nn32)c1OC. The molecule has 3 aromatic rings. The molecule has 1 N–H and O–H groups in total. The Morgan fingerprint density at radius 1 is 1.14 bits per heavy atom. The standard InChI is InChI=1S/C26H27ClN4O3S/c1-26(2)12-18-21(19(32)13-26)22(16-9-7-11-20(33-3)23(16)34-4)31-24(28-18)29-25(30-31)35-14-15-8-5-6-10-17(15)27/h5-11,22H,12-14H2,1-4H3,(H,28,29,30). The number of Topliss-reactive ketones (excluding diaryl/α,β-unsaturated/α-hetero) is 1. The van der Waals surface area contributed by atoms with Gasteiger partial charge in [0, 0.05) is 34.0 Å². The number of fused-ring (bicyclic) bond motifs is 1. The summed E-state index contributed by atoms with van der Waals surface area (Å²) in [5, 5.41) is 9.56. The first-order chi connectivity index (χ1) is 16.8. The van der Waals surface area contributed by atoms with E-state index in [1.807, 2.05) is 42.5 Å². The van der Waals surface area contributed by atoms with Crippen molar-refractivity contribution in [3.05, 3.63) is 69.9 Å². The molecule has 0 saturated heterocycles. The van der Waals surface area contributed by atoms with Crippen molar-refractivity contribution < 1.29 is 14.3 Å². The van der Waals surface area contributed by atoms with E-state index >= 15 is 0 Å². The topological polar surface area (TPSA) is 78.3 Å². The first-order valence-corrected chi connectivity index (χ1v) is 12.7. The van der Waals surface area contributed by atoms with Gasteiger partial charge < -0.3 is 14.8 Å². The number of thioether (sulfide) groups is 1. The van der Waals surface area contributed by atoms with Crippen LogP contribution < -0.4 is 14.8 Å². The number of halogens is 1. The Hall–Kier alpha value is -2.97. The average molecular weight is 511 g/mol. The third-order valence-electron chi connectivity index (χ3n) is 6.36. The molecule has 0 saturated carbocycles. The summed E-state index contributed by atoms with van der Waals surface area (Å²) in [6, 6.07) is 13.0. The quantitative estimate of drug-likeness (QED) is 0.413. The highest BCUT2D eigenvalue weighted by atomic mass is 35.5. The van der Waals surface area contributed by atoms with Gasteiger partial charge in [-0.2, -0.15) is 4.98 Å². The smallest absolute Gasteiger partial charge is 0.227 e. The fraction of sp³-hybridized carbons (Fsp3) is 0.346. The highest BCUT2D eigenvalue weighted by Crippen LogP contribution is 2.48. The van der Waals surface area contributed by atoms with Crippen molar-refractivity contribution in [1.82, 2.24) is 14.8 Å². The van der Waals surface area contributed by atoms with E-state index in [4.69, 9.17) is 31.2 Å². The summed E-state index contributed by atoms with van der Waals surface area (Å²) in [7, 11) is 3.21. The molecule has 35 heavy (non-hydrogen) atoms. The van der Waals surface area contributed by atoms with Crippen LogP contribution in [-0.4, -0.2) is 34.8 Å². The van der Waals surface area contributed by atoms with Gasteiger partial charge in [-0.05, 0) is 29.5 Å². The summed E-state index contributed by atoms with van der Waals surface area (Å²) in [6.07, 6.45) is 1.21. The van der Waals surface area contributed by atoms with Crippen LogP contribution in [0.3, 0.4) is 0 Å². The maximum atomic E-state index is 13.5. The van der Waals surface area contributed by atoms with Gasteiger partial charge in [0.15, 0.2) is 17.3 Å². The molecule has 0 spiro atoms. The maximum Gasteiger partial charge on any atom is 0.227 e. The Morgan fingerprint density at radius 2 is 1.94 bits per heavy atom. The Balaban J connectivity index is 1.60. The number of rotatable bonds is 6. The van der Waals surface area contributed by atoms with E-state index in [-0.39, 0.29) is 11.2 Å². The number of nitrogens with one attached hydrogen (secondary N) is 1. The molecule has 0 fully saturated rings. The van der Waals surface area contributed by atoms with Gasteiger partial charge in [-0.3, -0.25) is 4.79 Å². The van der Waals surface area contributed by atoms with E-state index in [9.17, 15) is 4.79 Å². The van der Waals surface area contributed by atoms with E-state index in [1.165, 1.54) is 11.8 Å². The Labute approximate surface area is 213 Å². The molecule has 2 aliphatic rings. The number of carbonyl (C=O) groups excluding carboxylic acids is 1. The van der Waals surface area contributed by atoms with Crippen LogP contribution in [-0.2, 0) is 10.5 Å². The molecule has 7 nitrogen and oxygen atoms in total. The van der Waals surface area contributed by atoms with Gasteiger partial charge in [0.1, 0.15) is 6.04 Å². The number of allylic oxidation sites excluding steroid dienone is 2. The Kier molecular flexibility index (Phi) is 6.27. The van der Waals surface area contributed by atoms with Crippen LogP contribution >= 0.6 is 23.4 Å². The molecule has 1 unspecified atom stereocenters. The van der Waals surface area contributed by atoms with Crippen LogP contribution in [0, 0.1) is 5.41 Å². The van der Waals surface area contributed by atoms with Crippen molar-refractivity contribution in [2.45, 2.75) is 43.6 Å². The zero-order valence-corrected chi connectivity index (χ0v) is 21.7. The fourth-order valence-corrected chi connectivity index (χ4v) is 5.94. The number of para-hydroxylation sites is 1. The average Bonchev–Trinajstić information content (AvgIpc) is 3.23. The number of carbonyl (C=O) groups is 1. The van der Waals surface area contributed by atoms with Gasteiger partial charge in [-0.25, -0.2) is 4.68 Å². The Morgan fingerprint density at radius 3 is 2.69 bits per heavy atom. The molecule has 0 bridgehead atoms. The number of methoxy groups -OCH3 is 2. The molecule has 2 heterocycles. The van der Waals surface area contributed by atoms with Crippen LogP contribution in [0.1, 0.15) is 43.9 Å². The predicted octanol–water partition coefficient (Wildman–Crippen LogP) is 5.90. The van der Waals surface area contributed by atoms with Crippen LogP contribution in [0.4, 0.5) is 5.95 Å². The summed E-state index contributed by atoms with van der Waals surface area (Å²) in [5.74, 6) is 2.52. The van der Waals surface area contributed by atoms with E-state index in [0.29, 0.717) is 45.4 Å². The molecule has 1 aliphatic carbocycles. The number of ketones is 1. The van der Waals surface area contributed by atoms with E-state index in [0.717, 1.165) is 23.2 Å². The lowest BCUT2D eigenvalue weighted by Gasteiger charge is -2.38. The monoisotopic (exact) mass is 510 g/mol. The number of aromatic nitrogens is 3. The second-order valence-electron chi connectivity index (χ2n) is 9.49. The van der Waals surface area contributed by atoms with E-state index in [1.54, 1.807) is 18.9 Å². The summed E-state index contributed by atoms with van der Waals surface area (Å²) in [4.78, 5) is 18.3. The Bertz CT molecular complexity index is 1330. The molecule has 9 heteroatoms. The van der Waals surface area contributed by atoms with Crippen LogP contribution in [0.25, 0.3) is 0 Å². The minimum atomic E-state index is -0.475. The molecule has 2 aromatic carbocycles. The molecule has 1 aromatic heterocycles. The highest BCUT2D eigenvalue weighted by Gasteiger charge is 2.43. The third kappa shape index (κ3) is 4.41. The van der Waals surface area contributed by atoms with E-state index < -0.39 is 6.04 Å². The first kappa shape index (κ1) is 23.8. The number of ether oxygens (including phenoxy) is 2. The lowest BCUT2D eigenvalue weighted by atomic mass is 9.73. The van der Waals surface area contributed by atoms with Gasteiger partial charge in [-0.1, -0.05) is 67.5 Å². The number of benzene rings is 2. The molecule has 5 rings (SSSR count). The summed E-state index contributed by atoms with van der Waals surface area (Å²) in [6.45, 7) is 4.23. The lowest BCUT2D eigenvalue weighted by Crippen LogP contribution is -2.36. The summed E-state index contributed by atoms with van der Waals surface area (Å²) >= 11 is 7.84. The molecule has 1 atom stereocenters. The molecular weight excluding hydrogens is 484 g/mol. The zero-order valence-electron chi connectivity index (χ0n) is 20.1. The zero-order chi connectivity index (χ0) is 24.7. The van der Waals surface area contributed by atoms with Crippen molar-refractivity contribution in [2.75, 3.05) is 19.5 Å². The summed E-state index contributed by atoms with van der Waals surface area (Å²) in [5.41, 5.74) is 3.28. The maximum absolute atomic E-state index is 13.5. The van der Waals surface area contributed by atoms with Gasteiger partial charge in [0.25, 0.3) is 0 Å². The number of hydrogen-bond acceptors (Lipinski definition) is 7. The summed E-state index contributed by atoms with van der Waals surface area (Å²) < 4.78 is 13.1. The van der Waals surface area contributed by atoms with Crippen LogP contribution in [0.15, 0.2) is 58.9 Å². The number of hydrogen-bond donors (Lipinski definition) is 1. The lowest BCUT2D eigenvalue weighted by molar-refractivity contribution is -0.118. The molecular formula is C26H27ClN4O3S. The normalized spacial score (nSPS) is 18.5. The van der Waals surface area contributed by atoms with Crippen molar-refractivity contribution in [3.63, 3.8) is 0 Å². The highest BCUT2D eigenvalue weighted by molar-refractivity contribution is 7.98. The molecule has 182 valence electrons. The van der Waals surface area contributed by atoms with Crippen molar-refractivity contribution >= 4 is 35.1 Å². The number of nitrogens with zero attached hydrogens (tertiary/aromatic N) is 3. The van der Waals surface area contributed by atoms with Crippen molar-refractivity contribution in [3.8, 4) is 11.5 Å². The molecule has 0 radical (unpaired) electrons. The third-order valence-corrected chi connectivity index (χ3v) is 7.61. The van der Waals surface area contributed by atoms with Crippen LogP contribution in [0.2, 0.25) is 5.02 Å². The van der Waals surface area contributed by atoms with Crippen LogP contribution in [0.5, 0.6) is 11.5 Å². The number of anilines is 1. The minimum absolute atomic E-state index is 0.102. The molecule has 0 amide bonds. The second kappa shape index (κ2) is 9.24. The second-order valence-corrected chi connectivity index (χ2v) is 10.8. The largest absolute Gasteiger partial charge is 0.493 e. The van der Waals surface area contributed by atoms with Gasteiger partial charge >= 0.3 is 0 Å². The first-order valence-electron chi connectivity index (χ1n) is 11.4. The van der Waals surface area contributed by atoms with Gasteiger partial charge in [0.2, 0.25) is 11.1 Å². The van der Waals surface area contributed by atoms with Crippen molar-refractivity contribution in [2.24, 2.45) is 5.41 Å². The van der Waals surface area contributed by atoms with Gasteiger partial charge in [-0.15, -0.1) is 5.10 Å². The van der Waals surface area contributed by atoms with Crippen molar-refractivity contribution in [1.29, 1.82) is 0 Å². The van der Waals surface area contributed by atoms with E-state index in [2.05, 4.69) is 19.2 Å². The minimum Gasteiger partial charge on any atom is -0.493 e. The molecule has 1 aliphatic heterocycles.